The first-order valence-electron chi connectivity index (χ1n) is 4.77. The molecule has 0 spiro atoms. The zero-order valence-corrected chi connectivity index (χ0v) is 9.19. The molecule has 1 rings (SSSR count). The van der Waals surface area contributed by atoms with Crippen LogP contribution in [0.4, 0.5) is 0 Å². The number of nitrogens with one attached hydrogen (secondary N) is 1. The van der Waals surface area contributed by atoms with Crippen LogP contribution in [0.25, 0.3) is 0 Å². The number of nitrogens with zero attached hydrogens (tertiary/aromatic N) is 1. The summed E-state index contributed by atoms with van der Waals surface area (Å²) in [6.07, 6.45) is 2.26. The molecule has 0 aromatic heterocycles. The first kappa shape index (κ1) is 10.9. The summed E-state index contributed by atoms with van der Waals surface area (Å²) in [5, 5.41) is 3.28. The summed E-state index contributed by atoms with van der Waals surface area (Å²) in [5.41, 5.74) is 0. The second kappa shape index (κ2) is 5.50. The molecule has 1 aliphatic heterocycles. The standard InChI is InChI=1S/C9H18N2OS/c1-10-5-6-11(2)9(12)8-4-3-7-13-8/h8,10H,3-7H2,1-2H3. The van der Waals surface area contributed by atoms with E-state index in [4.69, 9.17) is 0 Å². The molecule has 1 atom stereocenters. The molecule has 3 nitrogen and oxygen atoms in total. The molecule has 1 N–H and O–H groups in total. The van der Waals surface area contributed by atoms with Gasteiger partial charge in [-0.15, -0.1) is 11.8 Å². The minimum Gasteiger partial charge on any atom is -0.344 e. The molecule has 0 aromatic carbocycles. The molecule has 1 fully saturated rings. The molecule has 1 unspecified atom stereocenters. The Bertz CT molecular complexity index is 169. The Balaban J connectivity index is 2.28. The Kier molecular flexibility index (Phi) is 4.59. The van der Waals surface area contributed by atoms with Gasteiger partial charge in [-0.05, 0) is 25.6 Å². The highest BCUT2D eigenvalue weighted by atomic mass is 32.2. The average Bonchev–Trinajstić information content (AvgIpc) is 2.65. The topological polar surface area (TPSA) is 32.3 Å². The Morgan fingerprint density at radius 3 is 3.00 bits per heavy atom. The first-order valence-corrected chi connectivity index (χ1v) is 5.81. The van der Waals surface area contributed by atoms with Gasteiger partial charge in [-0.1, -0.05) is 0 Å². The number of amides is 1. The molecule has 1 amide bonds. The minimum atomic E-state index is 0.238. The average molecular weight is 202 g/mol. The van der Waals surface area contributed by atoms with E-state index in [1.165, 1.54) is 6.42 Å². The lowest BCUT2D eigenvalue weighted by Gasteiger charge is -2.20. The smallest absolute Gasteiger partial charge is 0.235 e. The van der Waals surface area contributed by atoms with Gasteiger partial charge in [-0.2, -0.15) is 0 Å². The number of hydrogen-bond acceptors (Lipinski definition) is 3. The summed E-state index contributed by atoms with van der Waals surface area (Å²) in [4.78, 5) is 13.6. The SMILES string of the molecule is CNCCN(C)C(=O)C1CCCS1. The van der Waals surface area contributed by atoms with Crippen molar-refractivity contribution >= 4 is 17.7 Å². The quantitative estimate of drug-likeness (QED) is 0.723. The second-order valence-corrected chi connectivity index (χ2v) is 4.68. The Labute approximate surface area is 84.2 Å². The second-order valence-electron chi connectivity index (χ2n) is 3.37. The lowest BCUT2D eigenvalue weighted by molar-refractivity contribution is -0.129. The summed E-state index contributed by atoms with van der Waals surface area (Å²) in [5.74, 6) is 1.45. The van der Waals surface area contributed by atoms with Crippen LogP contribution in [0.1, 0.15) is 12.8 Å². The Morgan fingerprint density at radius 2 is 2.46 bits per heavy atom. The maximum absolute atomic E-state index is 11.7. The summed E-state index contributed by atoms with van der Waals surface area (Å²) in [6.45, 7) is 1.69. The normalized spacial score (nSPS) is 21.8. The zero-order valence-electron chi connectivity index (χ0n) is 8.38. The van der Waals surface area contributed by atoms with E-state index >= 15 is 0 Å². The molecule has 0 aliphatic carbocycles. The van der Waals surface area contributed by atoms with E-state index in [0.717, 1.165) is 25.3 Å². The Hall–Kier alpha value is -0.220. The molecule has 1 aliphatic rings. The van der Waals surface area contributed by atoms with Crippen LogP contribution in [0.2, 0.25) is 0 Å². The molecule has 0 radical (unpaired) electrons. The van der Waals surface area contributed by atoms with Gasteiger partial charge in [-0.25, -0.2) is 0 Å². The van der Waals surface area contributed by atoms with Crippen molar-refractivity contribution in [3.05, 3.63) is 0 Å². The van der Waals surface area contributed by atoms with Gasteiger partial charge in [0.05, 0.1) is 5.25 Å². The van der Waals surface area contributed by atoms with E-state index in [1.807, 2.05) is 19.0 Å². The van der Waals surface area contributed by atoms with Crippen molar-refractivity contribution in [3.63, 3.8) is 0 Å². The maximum Gasteiger partial charge on any atom is 0.235 e. The van der Waals surface area contributed by atoms with Crippen LogP contribution in [-0.2, 0) is 4.79 Å². The molecular weight excluding hydrogens is 184 g/mol. The van der Waals surface area contributed by atoms with Crippen LogP contribution in [0, 0.1) is 0 Å². The summed E-state index contributed by atoms with van der Waals surface area (Å²) < 4.78 is 0. The minimum absolute atomic E-state index is 0.238. The highest BCUT2D eigenvalue weighted by Crippen LogP contribution is 2.27. The van der Waals surface area contributed by atoms with Crippen molar-refractivity contribution in [1.82, 2.24) is 10.2 Å². The van der Waals surface area contributed by atoms with E-state index < -0.39 is 0 Å². The molecule has 76 valence electrons. The van der Waals surface area contributed by atoms with Crippen LogP contribution >= 0.6 is 11.8 Å². The van der Waals surface area contributed by atoms with E-state index in [9.17, 15) is 4.79 Å². The van der Waals surface area contributed by atoms with Gasteiger partial charge in [0.25, 0.3) is 0 Å². The first-order chi connectivity index (χ1) is 6.25. The highest BCUT2D eigenvalue weighted by Gasteiger charge is 2.25. The van der Waals surface area contributed by atoms with Crippen LogP contribution in [0.3, 0.4) is 0 Å². The lowest BCUT2D eigenvalue weighted by atomic mass is 10.2. The number of likely N-dealkylation sites (N-methyl/N-ethyl adjacent to an activating group) is 2. The van der Waals surface area contributed by atoms with E-state index in [1.54, 1.807) is 11.8 Å². The van der Waals surface area contributed by atoms with Crippen LogP contribution < -0.4 is 5.32 Å². The van der Waals surface area contributed by atoms with Crippen molar-refractivity contribution < 1.29 is 4.79 Å². The van der Waals surface area contributed by atoms with Gasteiger partial charge >= 0.3 is 0 Å². The third kappa shape index (κ3) is 3.19. The third-order valence-corrected chi connectivity index (χ3v) is 3.64. The summed E-state index contributed by atoms with van der Waals surface area (Å²) >= 11 is 1.80. The molecule has 0 bridgehead atoms. The molecule has 0 saturated carbocycles. The van der Waals surface area contributed by atoms with E-state index in [-0.39, 0.29) is 5.25 Å². The number of carbonyl (C=O) groups excluding carboxylic acids is 1. The van der Waals surface area contributed by atoms with Crippen molar-refractivity contribution in [1.29, 1.82) is 0 Å². The fourth-order valence-corrected chi connectivity index (χ4v) is 2.68. The predicted molar refractivity (Wildman–Crippen MR) is 57.0 cm³/mol. The largest absolute Gasteiger partial charge is 0.344 e. The van der Waals surface area contributed by atoms with Gasteiger partial charge in [0.1, 0.15) is 0 Å². The van der Waals surface area contributed by atoms with Crippen LogP contribution in [0.15, 0.2) is 0 Å². The van der Waals surface area contributed by atoms with Gasteiger partial charge in [0.2, 0.25) is 5.91 Å². The molecular formula is C9H18N2OS. The number of hydrogen-bond donors (Lipinski definition) is 1. The van der Waals surface area contributed by atoms with Gasteiger partial charge in [0.15, 0.2) is 0 Å². The van der Waals surface area contributed by atoms with Crippen LogP contribution in [-0.4, -0.2) is 49.0 Å². The maximum atomic E-state index is 11.7. The van der Waals surface area contributed by atoms with Gasteiger partial charge < -0.3 is 10.2 Å². The van der Waals surface area contributed by atoms with Crippen molar-refractivity contribution in [3.8, 4) is 0 Å². The van der Waals surface area contributed by atoms with E-state index in [2.05, 4.69) is 5.32 Å². The van der Waals surface area contributed by atoms with Crippen molar-refractivity contribution in [2.45, 2.75) is 18.1 Å². The highest BCUT2D eigenvalue weighted by molar-refractivity contribution is 8.00. The van der Waals surface area contributed by atoms with Gasteiger partial charge in [0, 0.05) is 20.1 Å². The third-order valence-electron chi connectivity index (χ3n) is 2.28. The fourth-order valence-electron chi connectivity index (χ4n) is 1.41. The molecule has 4 heteroatoms. The zero-order chi connectivity index (χ0) is 9.68. The van der Waals surface area contributed by atoms with Crippen LogP contribution in [0.5, 0.6) is 0 Å². The fraction of sp³-hybridized carbons (Fsp3) is 0.889. The number of thioether (sulfide) groups is 1. The lowest BCUT2D eigenvalue weighted by Crippen LogP contribution is -2.37. The van der Waals surface area contributed by atoms with Crippen molar-refractivity contribution in [2.75, 3.05) is 32.9 Å². The predicted octanol–water partition coefficient (Wildman–Crippen LogP) is 0.560. The molecule has 13 heavy (non-hydrogen) atoms. The number of rotatable bonds is 4. The van der Waals surface area contributed by atoms with E-state index in [0.29, 0.717) is 5.91 Å². The molecule has 1 saturated heterocycles. The summed E-state index contributed by atoms with van der Waals surface area (Å²) in [7, 11) is 3.79. The Morgan fingerprint density at radius 1 is 1.69 bits per heavy atom. The number of carbonyl (C=O) groups is 1. The van der Waals surface area contributed by atoms with Crippen molar-refractivity contribution in [2.24, 2.45) is 0 Å². The molecule has 0 aromatic rings. The molecule has 1 heterocycles. The monoisotopic (exact) mass is 202 g/mol. The summed E-state index contributed by atoms with van der Waals surface area (Å²) in [6, 6.07) is 0. The van der Waals surface area contributed by atoms with Gasteiger partial charge in [-0.3, -0.25) is 4.79 Å².